The van der Waals surface area contributed by atoms with E-state index < -0.39 is 12.1 Å². The Balaban J connectivity index is 1.68. The van der Waals surface area contributed by atoms with Crippen molar-refractivity contribution in [1.82, 2.24) is 15.1 Å². The second-order valence-corrected chi connectivity index (χ2v) is 5.28. The number of nitrogens with one attached hydrogen (secondary N) is 1. The lowest BCUT2D eigenvalue weighted by molar-refractivity contribution is -0.159. The lowest BCUT2D eigenvalue weighted by Gasteiger charge is -2.07. The van der Waals surface area contributed by atoms with E-state index in [0.717, 1.165) is 5.69 Å². The number of benzene rings is 1. The van der Waals surface area contributed by atoms with Crippen LogP contribution in [0.4, 0.5) is 23.2 Å². The molecule has 0 amide bonds. The van der Waals surface area contributed by atoms with E-state index in [2.05, 4.69) is 25.0 Å². The minimum absolute atomic E-state index is 0.187. The van der Waals surface area contributed by atoms with E-state index >= 15 is 0 Å². The molecular weight excluding hydrogens is 340 g/mol. The van der Waals surface area contributed by atoms with Crippen LogP contribution in [-0.4, -0.2) is 15.1 Å². The number of hydrogen-bond donors (Lipinski definition) is 1. The third kappa shape index (κ3) is 3.93. The molecule has 0 aliphatic carbocycles. The number of rotatable bonds is 4. The molecule has 0 saturated heterocycles. The van der Waals surface area contributed by atoms with Crippen LogP contribution < -0.4 is 5.32 Å². The van der Waals surface area contributed by atoms with Gasteiger partial charge in [0.25, 0.3) is 0 Å². The Kier molecular flexibility index (Phi) is 4.39. The summed E-state index contributed by atoms with van der Waals surface area (Å²) >= 11 is 0. The molecule has 5 nitrogen and oxygen atoms in total. The van der Waals surface area contributed by atoms with E-state index in [1.165, 1.54) is 12.3 Å². The molecule has 0 radical (unpaired) electrons. The quantitative estimate of drug-likeness (QED) is 0.713. The number of alkyl halides is 3. The summed E-state index contributed by atoms with van der Waals surface area (Å²) in [6, 6.07) is 7.81. The number of aromatic nitrogens is 3. The van der Waals surface area contributed by atoms with Crippen LogP contribution in [0.1, 0.15) is 17.1 Å². The van der Waals surface area contributed by atoms with E-state index in [1.54, 1.807) is 31.2 Å². The van der Waals surface area contributed by atoms with Crippen molar-refractivity contribution in [3.8, 4) is 11.4 Å². The van der Waals surface area contributed by atoms with Crippen LogP contribution in [0.2, 0.25) is 0 Å². The fourth-order valence-electron chi connectivity index (χ4n) is 2.06. The van der Waals surface area contributed by atoms with Crippen molar-refractivity contribution >= 4 is 5.69 Å². The summed E-state index contributed by atoms with van der Waals surface area (Å²) in [5.74, 6) is -1.88. The van der Waals surface area contributed by atoms with Gasteiger partial charge in [-0.3, -0.25) is 4.98 Å². The molecule has 1 N–H and O–H groups in total. The molecule has 0 atom stereocenters. The zero-order valence-electron chi connectivity index (χ0n) is 12.9. The number of aryl methyl sites for hydroxylation is 1. The highest BCUT2D eigenvalue weighted by molar-refractivity contribution is 5.53. The topological polar surface area (TPSA) is 63.8 Å². The third-order valence-electron chi connectivity index (χ3n) is 3.38. The molecule has 2 heterocycles. The molecule has 3 aromatic rings. The van der Waals surface area contributed by atoms with Crippen LogP contribution in [0.3, 0.4) is 0 Å². The first-order valence-corrected chi connectivity index (χ1v) is 7.19. The van der Waals surface area contributed by atoms with Gasteiger partial charge in [0, 0.05) is 17.4 Å². The van der Waals surface area contributed by atoms with Crippen LogP contribution in [0, 0.1) is 12.7 Å². The predicted octanol–water partition coefficient (Wildman–Crippen LogP) is 4.21. The number of hydrogen-bond acceptors (Lipinski definition) is 5. The zero-order valence-corrected chi connectivity index (χ0v) is 12.9. The Bertz CT molecular complexity index is 875. The van der Waals surface area contributed by atoms with Crippen LogP contribution in [0.5, 0.6) is 0 Å². The van der Waals surface area contributed by atoms with Crippen molar-refractivity contribution in [2.45, 2.75) is 19.6 Å². The Morgan fingerprint density at radius 3 is 2.56 bits per heavy atom. The second-order valence-electron chi connectivity index (χ2n) is 5.28. The van der Waals surface area contributed by atoms with E-state index in [1.807, 2.05) is 0 Å². The fraction of sp³-hybridized carbons (Fsp3) is 0.188. The molecule has 0 spiro atoms. The van der Waals surface area contributed by atoms with Gasteiger partial charge in [0.1, 0.15) is 5.82 Å². The standard InChI is InChI=1S/C16H12F4N4O/c1-9-6-11(4-5-13(9)17)22-8-12-3-2-10(7-21-12)14-23-15(25-24-14)16(18,19)20/h2-7,22H,8H2,1H3. The number of pyridine rings is 1. The number of anilines is 1. The smallest absolute Gasteiger partial charge is 0.379 e. The summed E-state index contributed by atoms with van der Waals surface area (Å²) in [6.45, 7) is 2.03. The second kappa shape index (κ2) is 6.50. The summed E-state index contributed by atoms with van der Waals surface area (Å²) in [5, 5.41) is 6.38. The molecule has 2 aromatic heterocycles. The largest absolute Gasteiger partial charge is 0.471 e. The van der Waals surface area contributed by atoms with Gasteiger partial charge in [-0.1, -0.05) is 5.16 Å². The third-order valence-corrected chi connectivity index (χ3v) is 3.38. The molecule has 0 aliphatic heterocycles. The van der Waals surface area contributed by atoms with Crippen molar-refractivity contribution in [2.24, 2.45) is 0 Å². The Morgan fingerprint density at radius 1 is 1.16 bits per heavy atom. The number of nitrogens with zero attached hydrogens (tertiary/aromatic N) is 3. The molecule has 0 saturated carbocycles. The average molecular weight is 352 g/mol. The van der Waals surface area contributed by atoms with E-state index in [4.69, 9.17) is 0 Å². The van der Waals surface area contributed by atoms with Crippen molar-refractivity contribution in [1.29, 1.82) is 0 Å². The summed E-state index contributed by atoms with van der Waals surface area (Å²) in [6.07, 6.45) is -3.33. The lowest BCUT2D eigenvalue weighted by atomic mass is 10.2. The van der Waals surface area contributed by atoms with Crippen molar-refractivity contribution in [3.63, 3.8) is 0 Å². The fourth-order valence-corrected chi connectivity index (χ4v) is 2.06. The van der Waals surface area contributed by atoms with Gasteiger partial charge in [-0.15, -0.1) is 0 Å². The van der Waals surface area contributed by atoms with Gasteiger partial charge < -0.3 is 9.84 Å². The first-order chi connectivity index (χ1) is 11.8. The SMILES string of the molecule is Cc1cc(NCc2ccc(-c3noc(C(F)(F)F)n3)cn2)ccc1F. The maximum absolute atomic E-state index is 13.2. The Labute approximate surface area is 139 Å². The van der Waals surface area contributed by atoms with Gasteiger partial charge >= 0.3 is 12.1 Å². The molecular formula is C16H12F4N4O. The summed E-state index contributed by atoms with van der Waals surface area (Å²) in [7, 11) is 0. The molecule has 0 fully saturated rings. The summed E-state index contributed by atoms with van der Waals surface area (Å²) in [4.78, 5) is 7.44. The van der Waals surface area contributed by atoms with Gasteiger partial charge in [-0.05, 0) is 42.8 Å². The van der Waals surface area contributed by atoms with Crippen LogP contribution in [0.15, 0.2) is 41.1 Å². The molecule has 0 aliphatic rings. The highest BCUT2D eigenvalue weighted by Gasteiger charge is 2.38. The molecule has 3 rings (SSSR count). The monoisotopic (exact) mass is 352 g/mol. The molecule has 25 heavy (non-hydrogen) atoms. The average Bonchev–Trinajstić information content (AvgIpc) is 3.07. The highest BCUT2D eigenvalue weighted by atomic mass is 19.4. The maximum atomic E-state index is 13.2. The molecule has 130 valence electrons. The van der Waals surface area contributed by atoms with Crippen LogP contribution in [0.25, 0.3) is 11.4 Å². The Morgan fingerprint density at radius 2 is 1.96 bits per heavy atom. The summed E-state index contributed by atoms with van der Waals surface area (Å²) < 4.78 is 54.8. The minimum Gasteiger partial charge on any atom is -0.379 e. The number of halogens is 4. The minimum atomic E-state index is -4.68. The molecule has 9 heteroatoms. The van der Waals surface area contributed by atoms with Crippen molar-refractivity contribution in [3.05, 3.63) is 59.5 Å². The first-order valence-electron chi connectivity index (χ1n) is 7.19. The van der Waals surface area contributed by atoms with Crippen molar-refractivity contribution in [2.75, 3.05) is 5.32 Å². The molecule has 0 unspecified atom stereocenters. The van der Waals surface area contributed by atoms with E-state index in [9.17, 15) is 17.6 Å². The van der Waals surface area contributed by atoms with Gasteiger partial charge in [0.05, 0.1) is 12.2 Å². The highest BCUT2D eigenvalue weighted by Crippen LogP contribution is 2.29. The normalized spacial score (nSPS) is 11.6. The van der Waals surface area contributed by atoms with E-state index in [0.29, 0.717) is 23.4 Å². The Hall–Kier alpha value is -2.97. The lowest BCUT2D eigenvalue weighted by Crippen LogP contribution is -2.05. The van der Waals surface area contributed by atoms with Gasteiger partial charge in [-0.2, -0.15) is 18.2 Å². The van der Waals surface area contributed by atoms with E-state index in [-0.39, 0.29) is 11.6 Å². The summed E-state index contributed by atoms with van der Waals surface area (Å²) in [5.41, 5.74) is 2.20. The van der Waals surface area contributed by atoms with Crippen LogP contribution >= 0.6 is 0 Å². The van der Waals surface area contributed by atoms with Crippen LogP contribution in [-0.2, 0) is 12.7 Å². The molecule has 1 aromatic carbocycles. The van der Waals surface area contributed by atoms with Crippen molar-refractivity contribution < 1.29 is 22.1 Å². The van der Waals surface area contributed by atoms with Gasteiger partial charge in [-0.25, -0.2) is 4.39 Å². The first kappa shape index (κ1) is 16.9. The zero-order chi connectivity index (χ0) is 18.0. The van der Waals surface area contributed by atoms with Gasteiger partial charge in [0.2, 0.25) is 5.82 Å². The predicted molar refractivity (Wildman–Crippen MR) is 81.0 cm³/mol. The van der Waals surface area contributed by atoms with Gasteiger partial charge in [0.15, 0.2) is 0 Å². The molecule has 0 bridgehead atoms. The maximum Gasteiger partial charge on any atom is 0.471 e.